The molecule has 1 atom stereocenters. The van der Waals surface area contributed by atoms with E-state index in [-0.39, 0.29) is 18.0 Å². The fourth-order valence-electron chi connectivity index (χ4n) is 2.58. The first kappa shape index (κ1) is 20.0. The second-order valence-electron chi connectivity index (χ2n) is 6.14. The number of carbonyl (C=O) groups is 1. The van der Waals surface area contributed by atoms with Gasteiger partial charge in [0.1, 0.15) is 11.5 Å². The summed E-state index contributed by atoms with van der Waals surface area (Å²) in [5, 5.41) is 13.3. The van der Waals surface area contributed by atoms with Gasteiger partial charge in [-0.3, -0.25) is 4.79 Å². The zero-order chi connectivity index (χ0) is 20.5. The molecule has 0 bridgehead atoms. The Kier molecular flexibility index (Phi) is 5.52. The number of hydrogen-bond acceptors (Lipinski definition) is 7. The second kappa shape index (κ2) is 7.72. The number of hydrogen-bond donors (Lipinski definition) is 2. The Morgan fingerprint density at radius 1 is 1.36 bits per heavy atom. The predicted octanol–water partition coefficient (Wildman–Crippen LogP) is 4.36. The molecule has 148 valence electrons. The number of Topliss-reactive ketones (excluding diaryl/α,β-unsaturated/α-hetero) is 1. The third-order valence-electron chi connectivity index (χ3n) is 3.84. The number of ketones is 1. The Morgan fingerprint density at radius 3 is 2.79 bits per heavy atom. The number of benzene rings is 1. The number of halogens is 3. The lowest BCUT2D eigenvalue weighted by Crippen LogP contribution is -2.08. The first-order chi connectivity index (χ1) is 13.1. The molecule has 0 aliphatic heterocycles. The summed E-state index contributed by atoms with van der Waals surface area (Å²) in [6, 6.07) is 6.34. The van der Waals surface area contributed by atoms with Gasteiger partial charge in [-0.15, -0.1) is 0 Å². The van der Waals surface area contributed by atoms with Crippen molar-refractivity contribution in [2.24, 2.45) is 0 Å². The first-order valence-electron chi connectivity index (χ1n) is 8.18. The quantitative estimate of drug-likeness (QED) is 0.586. The van der Waals surface area contributed by atoms with Crippen LogP contribution in [0, 0.1) is 6.92 Å². The third kappa shape index (κ3) is 4.57. The van der Waals surface area contributed by atoms with Gasteiger partial charge in [-0.1, -0.05) is 12.1 Å². The Balaban J connectivity index is 1.80. The van der Waals surface area contributed by atoms with E-state index in [1.807, 2.05) is 0 Å². The maximum Gasteiger partial charge on any atom is 0.416 e. The van der Waals surface area contributed by atoms with Crippen molar-refractivity contribution in [3.05, 3.63) is 53.2 Å². The third-order valence-corrected chi connectivity index (χ3v) is 4.53. The van der Waals surface area contributed by atoms with Crippen LogP contribution in [0.1, 0.15) is 36.1 Å². The predicted molar refractivity (Wildman–Crippen MR) is 96.8 cm³/mol. The van der Waals surface area contributed by atoms with Crippen LogP contribution in [0.3, 0.4) is 0 Å². The van der Waals surface area contributed by atoms with Crippen LogP contribution in [0.4, 0.5) is 18.3 Å². The van der Waals surface area contributed by atoms with E-state index in [1.54, 1.807) is 6.92 Å². The van der Waals surface area contributed by atoms with Gasteiger partial charge in [0, 0.05) is 17.1 Å². The van der Waals surface area contributed by atoms with Crippen LogP contribution in [0.25, 0.3) is 11.1 Å². The molecule has 2 heterocycles. The van der Waals surface area contributed by atoms with E-state index in [0.717, 1.165) is 23.7 Å². The number of aromatic nitrogens is 2. The zero-order valence-corrected chi connectivity index (χ0v) is 15.7. The number of alkyl halides is 3. The molecule has 2 N–H and O–H groups in total. The van der Waals surface area contributed by atoms with E-state index in [9.17, 15) is 23.1 Å². The number of nitrogens with one attached hydrogen (secondary N) is 1. The van der Waals surface area contributed by atoms with Crippen molar-refractivity contribution in [1.29, 1.82) is 0 Å². The highest BCUT2D eigenvalue weighted by Gasteiger charge is 2.30. The summed E-state index contributed by atoms with van der Waals surface area (Å²) in [7, 11) is 0. The van der Waals surface area contributed by atoms with Crippen LogP contribution in [-0.4, -0.2) is 20.2 Å². The second-order valence-corrected chi connectivity index (χ2v) is 6.89. The Bertz CT molecular complexity index is 997. The van der Waals surface area contributed by atoms with E-state index in [1.165, 1.54) is 25.1 Å². The molecule has 0 saturated carbocycles. The standard InChI is InChI=1S/C18H16F3N3O3S/c1-9(25)6-15-22-17(28-24-15)23-16(26)14-8-13(10(2)27-14)11-4-3-5-12(7-11)18(19,20)21/h3-5,7-8,16,26H,6H2,1-2H3,(H,22,23,24). The van der Waals surface area contributed by atoms with Gasteiger partial charge in [0.25, 0.3) is 0 Å². The van der Waals surface area contributed by atoms with Crippen molar-refractivity contribution in [2.75, 3.05) is 5.32 Å². The molecule has 0 amide bonds. The van der Waals surface area contributed by atoms with Crippen LogP contribution in [-0.2, 0) is 17.4 Å². The molecule has 3 aromatic rings. The molecule has 1 unspecified atom stereocenters. The molecule has 0 fully saturated rings. The largest absolute Gasteiger partial charge is 0.461 e. The summed E-state index contributed by atoms with van der Waals surface area (Å²) in [5.41, 5.74) is 0.00310. The Morgan fingerprint density at radius 2 is 2.11 bits per heavy atom. The summed E-state index contributed by atoms with van der Waals surface area (Å²) in [6.07, 6.45) is -5.64. The molecule has 28 heavy (non-hydrogen) atoms. The lowest BCUT2D eigenvalue weighted by molar-refractivity contribution is -0.137. The van der Waals surface area contributed by atoms with Crippen LogP contribution >= 0.6 is 11.5 Å². The summed E-state index contributed by atoms with van der Waals surface area (Å²) < 4.78 is 48.3. The number of furan rings is 1. The minimum atomic E-state index is -4.45. The molecule has 0 radical (unpaired) electrons. The van der Waals surface area contributed by atoms with Gasteiger partial charge in [-0.05, 0) is 37.6 Å². The van der Waals surface area contributed by atoms with Crippen LogP contribution in [0.15, 0.2) is 34.7 Å². The van der Waals surface area contributed by atoms with Gasteiger partial charge >= 0.3 is 6.18 Å². The highest BCUT2D eigenvalue weighted by Crippen LogP contribution is 2.35. The Labute approximate surface area is 162 Å². The number of anilines is 1. The van der Waals surface area contributed by atoms with Crippen molar-refractivity contribution < 1.29 is 27.5 Å². The highest BCUT2D eigenvalue weighted by atomic mass is 32.1. The molecular weight excluding hydrogens is 395 g/mol. The van der Waals surface area contributed by atoms with Gasteiger partial charge in [-0.2, -0.15) is 17.5 Å². The van der Waals surface area contributed by atoms with E-state index in [0.29, 0.717) is 27.8 Å². The Hall–Kier alpha value is -2.72. The normalized spacial score (nSPS) is 12.8. The summed E-state index contributed by atoms with van der Waals surface area (Å²) in [5.74, 6) is 0.739. The van der Waals surface area contributed by atoms with Gasteiger partial charge in [0.05, 0.1) is 12.0 Å². The van der Waals surface area contributed by atoms with Gasteiger partial charge in [0.15, 0.2) is 17.8 Å². The van der Waals surface area contributed by atoms with Gasteiger partial charge < -0.3 is 14.8 Å². The van der Waals surface area contributed by atoms with Crippen molar-refractivity contribution in [2.45, 2.75) is 32.7 Å². The summed E-state index contributed by atoms with van der Waals surface area (Å²) >= 11 is 0.975. The van der Waals surface area contributed by atoms with E-state index < -0.39 is 18.0 Å². The molecule has 0 aliphatic rings. The lowest BCUT2D eigenvalue weighted by Gasteiger charge is -2.08. The molecular formula is C18H16F3N3O3S. The number of aryl methyl sites for hydroxylation is 1. The number of aliphatic hydroxyl groups excluding tert-OH is 1. The van der Waals surface area contributed by atoms with Gasteiger partial charge in [0.2, 0.25) is 5.13 Å². The van der Waals surface area contributed by atoms with Gasteiger partial charge in [-0.25, -0.2) is 4.98 Å². The van der Waals surface area contributed by atoms with Crippen LogP contribution in [0.5, 0.6) is 0 Å². The molecule has 0 saturated heterocycles. The molecule has 0 aliphatic carbocycles. The lowest BCUT2D eigenvalue weighted by atomic mass is 10.0. The molecule has 2 aromatic heterocycles. The average molecular weight is 411 g/mol. The number of nitrogens with zero attached hydrogens (tertiary/aromatic N) is 2. The maximum absolute atomic E-state index is 12.9. The molecule has 6 nitrogen and oxygen atoms in total. The highest BCUT2D eigenvalue weighted by molar-refractivity contribution is 7.09. The van der Waals surface area contributed by atoms with E-state index >= 15 is 0 Å². The molecule has 1 aromatic carbocycles. The summed E-state index contributed by atoms with van der Waals surface area (Å²) in [6.45, 7) is 3.02. The topological polar surface area (TPSA) is 88.2 Å². The van der Waals surface area contributed by atoms with Crippen molar-refractivity contribution >= 4 is 22.4 Å². The van der Waals surface area contributed by atoms with E-state index in [4.69, 9.17) is 4.42 Å². The smallest absolute Gasteiger partial charge is 0.416 e. The monoisotopic (exact) mass is 411 g/mol. The maximum atomic E-state index is 12.9. The molecule has 3 rings (SSSR count). The van der Waals surface area contributed by atoms with Crippen molar-refractivity contribution in [1.82, 2.24) is 9.36 Å². The molecule has 0 spiro atoms. The fraction of sp³-hybridized carbons (Fsp3) is 0.278. The van der Waals surface area contributed by atoms with Crippen molar-refractivity contribution in [3.63, 3.8) is 0 Å². The minimum Gasteiger partial charge on any atom is -0.461 e. The number of rotatable bonds is 6. The van der Waals surface area contributed by atoms with Crippen molar-refractivity contribution in [3.8, 4) is 11.1 Å². The molecule has 10 heteroatoms. The number of aliphatic hydroxyl groups is 1. The fourth-order valence-corrected chi connectivity index (χ4v) is 3.19. The summed E-state index contributed by atoms with van der Waals surface area (Å²) in [4.78, 5) is 15.2. The zero-order valence-electron chi connectivity index (χ0n) is 14.9. The van der Waals surface area contributed by atoms with E-state index in [2.05, 4.69) is 14.7 Å². The minimum absolute atomic E-state index is 0.0858. The van der Waals surface area contributed by atoms with Crippen LogP contribution < -0.4 is 5.32 Å². The first-order valence-corrected chi connectivity index (χ1v) is 8.95. The SMILES string of the molecule is CC(=O)Cc1nsc(NC(O)c2cc(-c3cccc(C(F)(F)F)c3)c(C)o2)n1. The number of carbonyl (C=O) groups excluding carboxylic acids is 1. The average Bonchev–Trinajstić information content (AvgIpc) is 3.20. The van der Waals surface area contributed by atoms with Crippen LogP contribution in [0.2, 0.25) is 0 Å².